The van der Waals surface area contributed by atoms with Gasteiger partial charge >= 0.3 is 15.1 Å². The van der Waals surface area contributed by atoms with Gasteiger partial charge in [0.2, 0.25) is 0 Å². The molecule has 0 saturated heterocycles. The van der Waals surface area contributed by atoms with Crippen LogP contribution < -0.4 is 0 Å². The van der Waals surface area contributed by atoms with Gasteiger partial charge in [-0.15, -0.1) is 0 Å². The lowest BCUT2D eigenvalue weighted by Crippen LogP contribution is -2.35. The van der Waals surface area contributed by atoms with Crippen molar-refractivity contribution in [2.24, 2.45) is 11.8 Å². The van der Waals surface area contributed by atoms with E-state index in [2.05, 4.69) is 0 Å². The molecule has 0 aliphatic rings. The van der Waals surface area contributed by atoms with Crippen LogP contribution in [0.4, 0.5) is 0 Å². The van der Waals surface area contributed by atoms with Gasteiger partial charge in [0.15, 0.2) is 0 Å². The van der Waals surface area contributed by atoms with Crippen LogP contribution in [-0.2, 0) is 30.5 Å². The second-order valence-electron chi connectivity index (χ2n) is 6.81. The van der Waals surface area contributed by atoms with Crippen molar-refractivity contribution in [1.29, 1.82) is 0 Å². The van der Waals surface area contributed by atoms with E-state index in [9.17, 15) is 19.2 Å². The first-order valence-corrected chi connectivity index (χ1v) is 11.8. The summed E-state index contributed by atoms with van der Waals surface area (Å²) in [7, 11) is 0. The van der Waals surface area contributed by atoms with Crippen molar-refractivity contribution in [1.82, 2.24) is 0 Å². The Labute approximate surface area is 173 Å². The Bertz CT molecular complexity index is 459. The number of carbonyl (C=O) groups excluding carboxylic acids is 4. The summed E-state index contributed by atoms with van der Waals surface area (Å²) < 4.78 is 15.8. The van der Waals surface area contributed by atoms with Gasteiger partial charge < -0.3 is 11.4 Å². The van der Waals surface area contributed by atoms with Crippen molar-refractivity contribution in [2.75, 3.05) is 6.61 Å². The molecule has 0 aromatic carbocycles. The average molecular weight is 414 g/mol. The molecule has 0 N–H and O–H groups in total. The minimum Gasteiger partial charge on any atom is -0.561 e. The van der Waals surface area contributed by atoms with Crippen LogP contribution in [0.3, 0.4) is 0 Å². The highest BCUT2D eigenvalue weighted by Crippen LogP contribution is 2.14. The molecule has 0 aliphatic carbocycles. The Balaban J connectivity index is 4.79. The van der Waals surface area contributed by atoms with E-state index >= 15 is 0 Å². The van der Waals surface area contributed by atoms with Gasteiger partial charge in [0.1, 0.15) is 24.4 Å². The molecule has 8 heteroatoms. The zero-order valence-electron chi connectivity index (χ0n) is 18.0. The molecule has 0 aromatic heterocycles. The third-order valence-corrected chi connectivity index (χ3v) is 6.14. The fourth-order valence-corrected chi connectivity index (χ4v) is 3.91. The van der Waals surface area contributed by atoms with Crippen LogP contribution in [0.2, 0.25) is 0 Å². The molecule has 160 valence electrons. The summed E-state index contributed by atoms with van der Waals surface area (Å²) in [5.74, 6) is -2.24. The van der Waals surface area contributed by atoms with Crippen LogP contribution in [0.5, 0.6) is 0 Å². The third-order valence-electron chi connectivity index (χ3n) is 4.73. The first kappa shape index (κ1) is 26.8. The molecule has 0 heterocycles. The minimum atomic E-state index is -3.10. The van der Waals surface area contributed by atoms with Crippen LogP contribution in [0, 0.1) is 11.8 Å². The standard InChI is InChI=1S/2C8H14O3.C4H9O.Al/c2*1-3-6(4-2)7(9)5-8(10)11;1-2-3-4-5;/h2*6H,3-5H2,1-2H3,(H,10,11);2-4H2,1H3;/q;;-1;+3/p-2. The number of hydrogen-bond acceptors (Lipinski definition) is 7. The second-order valence-corrected chi connectivity index (χ2v) is 8.19. The van der Waals surface area contributed by atoms with E-state index in [0.717, 1.165) is 12.8 Å². The first-order chi connectivity index (χ1) is 13.3. The lowest BCUT2D eigenvalue weighted by atomic mass is 9.96. The molecule has 0 bridgehead atoms. The van der Waals surface area contributed by atoms with E-state index in [1.165, 1.54) is 0 Å². The number of rotatable bonds is 16. The van der Waals surface area contributed by atoms with Crippen LogP contribution in [0.1, 0.15) is 86.0 Å². The quantitative estimate of drug-likeness (QED) is 0.216. The Morgan fingerprint density at radius 3 is 1.43 bits per heavy atom. The Kier molecular flexibility index (Phi) is 15.0. The van der Waals surface area contributed by atoms with Gasteiger partial charge in [0, 0.05) is 18.4 Å². The van der Waals surface area contributed by atoms with E-state index in [-0.39, 0.29) is 42.9 Å². The molecule has 7 nitrogen and oxygen atoms in total. The molecule has 0 aromatic rings. The van der Waals surface area contributed by atoms with Gasteiger partial charge in [-0.25, -0.2) is 0 Å². The summed E-state index contributed by atoms with van der Waals surface area (Å²) >= 11 is -3.10. The van der Waals surface area contributed by atoms with Crippen molar-refractivity contribution in [2.45, 2.75) is 86.0 Å². The van der Waals surface area contributed by atoms with Gasteiger partial charge in [-0.2, -0.15) is 0 Å². The summed E-state index contributed by atoms with van der Waals surface area (Å²) in [6, 6.07) is 0. The maximum absolute atomic E-state index is 12.1. The van der Waals surface area contributed by atoms with Gasteiger partial charge in [-0.1, -0.05) is 41.0 Å². The molecule has 0 fully saturated rings. The maximum atomic E-state index is 12.1. The highest BCUT2D eigenvalue weighted by molar-refractivity contribution is 6.42. The highest BCUT2D eigenvalue weighted by atomic mass is 27.3. The number of carbonyl (C=O) groups is 4. The Morgan fingerprint density at radius 1 is 0.714 bits per heavy atom. The van der Waals surface area contributed by atoms with E-state index in [1.54, 1.807) is 0 Å². The summed E-state index contributed by atoms with van der Waals surface area (Å²) in [6.45, 7) is 9.82. The summed E-state index contributed by atoms with van der Waals surface area (Å²) in [4.78, 5) is 48.4. The van der Waals surface area contributed by atoms with E-state index in [1.807, 2.05) is 34.6 Å². The maximum Gasteiger partial charge on any atom is 1.10 e. The fourth-order valence-electron chi connectivity index (χ4n) is 2.78. The van der Waals surface area contributed by atoms with E-state index in [0.29, 0.717) is 25.7 Å². The molecule has 0 radical (unpaired) electrons. The van der Waals surface area contributed by atoms with Gasteiger partial charge in [0.25, 0.3) is 11.9 Å². The van der Waals surface area contributed by atoms with Crippen molar-refractivity contribution in [3.8, 4) is 0 Å². The van der Waals surface area contributed by atoms with Crippen molar-refractivity contribution in [3.63, 3.8) is 0 Å². The predicted molar refractivity (Wildman–Crippen MR) is 106 cm³/mol. The van der Waals surface area contributed by atoms with E-state index in [4.69, 9.17) is 11.4 Å². The number of unbranched alkanes of at least 4 members (excludes halogenated alkanes) is 1. The SMILES string of the molecule is CCCC[O][Al]([O]C(=O)CC(=O)C(CC)CC)[O]C(=O)CC(=O)C(CC)CC. The molecule has 0 amide bonds. The van der Waals surface area contributed by atoms with Crippen LogP contribution in [0.25, 0.3) is 0 Å². The summed E-state index contributed by atoms with van der Waals surface area (Å²) in [5.41, 5.74) is 0. The van der Waals surface area contributed by atoms with Crippen molar-refractivity contribution >= 4 is 38.7 Å². The lowest BCUT2D eigenvalue weighted by Gasteiger charge is -2.15. The first-order valence-electron chi connectivity index (χ1n) is 10.4. The van der Waals surface area contributed by atoms with Crippen molar-refractivity contribution in [3.05, 3.63) is 0 Å². The molecule has 0 unspecified atom stereocenters. The normalized spacial score (nSPS) is 10.8. The van der Waals surface area contributed by atoms with Gasteiger partial charge in [0.05, 0.1) is 0 Å². The summed E-state index contributed by atoms with van der Waals surface area (Å²) in [5, 5.41) is 0. The fraction of sp³-hybridized carbons (Fsp3) is 0.800. The number of hydrogen-bond donors (Lipinski definition) is 0. The summed E-state index contributed by atoms with van der Waals surface area (Å²) in [6.07, 6.45) is 3.48. The molecular weight excluding hydrogens is 379 g/mol. The minimum absolute atomic E-state index is 0.186. The predicted octanol–water partition coefficient (Wildman–Crippen LogP) is 3.67. The number of Topliss-reactive ketones (excluding diaryl/α,β-unsaturated/α-hetero) is 2. The zero-order valence-corrected chi connectivity index (χ0v) is 19.1. The third kappa shape index (κ3) is 10.9. The topological polar surface area (TPSA) is 96.0 Å². The Hall–Kier alpha value is -1.23. The molecule has 0 atom stereocenters. The largest absolute Gasteiger partial charge is 1.10 e. The molecule has 0 spiro atoms. The smallest absolute Gasteiger partial charge is 0.561 e. The van der Waals surface area contributed by atoms with Crippen LogP contribution in [0.15, 0.2) is 0 Å². The van der Waals surface area contributed by atoms with Crippen LogP contribution in [-0.4, -0.2) is 45.3 Å². The molecule has 0 rings (SSSR count). The molecule has 0 aliphatic heterocycles. The molecule has 28 heavy (non-hydrogen) atoms. The Morgan fingerprint density at radius 2 is 1.11 bits per heavy atom. The number of ketones is 2. The average Bonchev–Trinajstić information content (AvgIpc) is 2.63. The molecule has 0 saturated carbocycles. The van der Waals surface area contributed by atoms with Gasteiger partial charge in [-0.3, -0.25) is 19.2 Å². The monoisotopic (exact) mass is 414 g/mol. The molecular formula is C20H35AlO7. The van der Waals surface area contributed by atoms with E-state index < -0.39 is 27.1 Å². The highest BCUT2D eigenvalue weighted by Gasteiger charge is 2.43. The zero-order chi connectivity index (χ0) is 21.5. The van der Waals surface area contributed by atoms with Crippen molar-refractivity contribution < 1.29 is 30.5 Å². The lowest BCUT2D eigenvalue weighted by molar-refractivity contribution is -0.145. The van der Waals surface area contributed by atoms with Gasteiger partial charge in [-0.05, 0) is 32.1 Å². The second kappa shape index (κ2) is 15.7. The van der Waals surface area contributed by atoms with Crippen LogP contribution >= 0.6 is 0 Å².